The predicted octanol–water partition coefficient (Wildman–Crippen LogP) is 4.71. The fraction of sp³-hybridized carbons (Fsp3) is 0.435. The topological polar surface area (TPSA) is 114 Å². The Bertz CT molecular complexity index is 1060. The summed E-state index contributed by atoms with van der Waals surface area (Å²) in [4.78, 5) is 36.7. The van der Waals surface area contributed by atoms with E-state index in [1.54, 1.807) is 13.0 Å². The van der Waals surface area contributed by atoms with Gasteiger partial charge in [0, 0.05) is 30.5 Å². The standard InChI is InChI=1S/C23H28O7/c1-6-8-16(25)20-22(28)14(10-9-12(3)4)21(27)19-15(11-18(26)30-23(19)20)17(7-2)29-13(5)24/h9,11,17,27-28H,6-8,10H2,1-5H3/t17-/m0/s1. The lowest BCUT2D eigenvalue weighted by atomic mass is 9.92. The third-order valence-electron chi connectivity index (χ3n) is 4.76. The molecule has 7 nitrogen and oxygen atoms in total. The summed E-state index contributed by atoms with van der Waals surface area (Å²) >= 11 is 0. The molecule has 2 rings (SSSR count). The van der Waals surface area contributed by atoms with Crippen molar-refractivity contribution in [2.75, 3.05) is 0 Å². The first-order chi connectivity index (χ1) is 14.1. The second-order valence-corrected chi connectivity index (χ2v) is 7.44. The van der Waals surface area contributed by atoms with E-state index in [2.05, 4.69) is 0 Å². The van der Waals surface area contributed by atoms with Gasteiger partial charge in [-0.05, 0) is 33.1 Å². The smallest absolute Gasteiger partial charge is 0.336 e. The molecule has 0 fully saturated rings. The molecule has 0 aliphatic carbocycles. The van der Waals surface area contributed by atoms with Crippen LogP contribution in [0.4, 0.5) is 0 Å². The van der Waals surface area contributed by atoms with Gasteiger partial charge in [0.25, 0.3) is 0 Å². The quantitative estimate of drug-likeness (QED) is 0.277. The van der Waals surface area contributed by atoms with Crippen LogP contribution in [0, 0.1) is 0 Å². The Hall–Kier alpha value is -3.09. The summed E-state index contributed by atoms with van der Waals surface area (Å²) in [6.45, 7) is 8.57. The second kappa shape index (κ2) is 9.61. The number of benzene rings is 1. The van der Waals surface area contributed by atoms with Crippen LogP contribution in [-0.4, -0.2) is 22.0 Å². The van der Waals surface area contributed by atoms with E-state index in [9.17, 15) is 24.6 Å². The lowest BCUT2D eigenvalue weighted by Gasteiger charge is -2.20. The summed E-state index contributed by atoms with van der Waals surface area (Å²) < 4.78 is 10.6. The highest BCUT2D eigenvalue weighted by atomic mass is 16.5. The van der Waals surface area contributed by atoms with Crippen molar-refractivity contribution < 1.29 is 29.0 Å². The number of phenolic OH excluding ortho intramolecular Hbond substituents is 2. The van der Waals surface area contributed by atoms with Crippen LogP contribution in [0.3, 0.4) is 0 Å². The number of fused-ring (bicyclic) bond motifs is 1. The fourth-order valence-corrected chi connectivity index (χ4v) is 3.38. The number of hydrogen-bond donors (Lipinski definition) is 2. The van der Waals surface area contributed by atoms with Crippen molar-refractivity contribution in [2.45, 2.75) is 66.4 Å². The monoisotopic (exact) mass is 416 g/mol. The predicted molar refractivity (Wildman–Crippen MR) is 113 cm³/mol. The zero-order valence-corrected chi connectivity index (χ0v) is 18.0. The highest BCUT2D eigenvalue weighted by Crippen LogP contribution is 2.44. The Morgan fingerprint density at radius 1 is 1.17 bits per heavy atom. The van der Waals surface area contributed by atoms with Crippen LogP contribution in [-0.2, 0) is 16.0 Å². The van der Waals surface area contributed by atoms with Crippen LogP contribution in [0.1, 0.15) is 81.5 Å². The van der Waals surface area contributed by atoms with Gasteiger partial charge in [-0.15, -0.1) is 0 Å². The van der Waals surface area contributed by atoms with Crippen LogP contribution in [0.2, 0.25) is 0 Å². The molecule has 30 heavy (non-hydrogen) atoms. The molecule has 162 valence electrons. The fourth-order valence-electron chi connectivity index (χ4n) is 3.38. The Labute approximate surface area is 175 Å². The van der Waals surface area contributed by atoms with Crippen LogP contribution in [0.5, 0.6) is 11.5 Å². The molecular formula is C23H28O7. The van der Waals surface area contributed by atoms with E-state index in [-0.39, 0.29) is 46.3 Å². The largest absolute Gasteiger partial charge is 0.507 e. The number of Topliss-reactive ketones (excluding diaryl/α,β-unsaturated/α-hetero) is 1. The Kier molecular flexibility index (Phi) is 7.43. The molecule has 0 aliphatic rings. The molecule has 0 unspecified atom stereocenters. The van der Waals surface area contributed by atoms with Crippen molar-refractivity contribution in [3.63, 3.8) is 0 Å². The molecule has 0 saturated heterocycles. The van der Waals surface area contributed by atoms with Crippen LogP contribution < -0.4 is 5.63 Å². The summed E-state index contributed by atoms with van der Waals surface area (Å²) in [5, 5.41) is 22.0. The van der Waals surface area contributed by atoms with Gasteiger partial charge in [-0.25, -0.2) is 4.79 Å². The second-order valence-electron chi connectivity index (χ2n) is 7.44. The normalized spacial score (nSPS) is 11.9. The maximum atomic E-state index is 12.8. The van der Waals surface area contributed by atoms with Crippen molar-refractivity contribution in [2.24, 2.45) is 0 Å². The molecule has 0 bridgehead atoms. The van der Waals surface area contributed by atoms with Crippen molar-refractivity contribution in [1.29, 1.82) is 0 Å². The van der Waals surface area contributed by atoms with Crippen LogP contribution in [0.15, 0.2) is 26.9 Å². The molecule has 2 N–H and O–H groups in total. The number of carbonyl (C=O) groups is 2. The van der Waals surface area contributed by atoms with Crippen molar-refractivity contribution in [3.8, 4) is 11.5 Å². The van der Waals surface area contributed by atoms with Gasteiger partial charge in [-0.2, -0.15) is 0 Å². The minimum atomic E-state index is -0.824. The van der Waals surface area contributed by atoms with E-state index < -0.39 is 29.2 Å². The lowest BCUT2D eigenvalue weighted by Crippen LogP contribution is -2.13. The molecule has 0 saturated carbocycles. The number of rotatable bonds is 8. The molecule has 0 spiro atoms. The minimum absolute atomic E-state index is 0.0945. The summed E-state index contributed by atoms with van der Waals surface area (Å²) in [6, 6.07) is 1.15. The van der Waals surface area contributed by atoms with E-state index in [0.29, 0.717) is 12.8 Å². The molecule has 1 heterocycles. The van der Waals surface area contributed by atoms with Gasteiger partial charge in [-0.3, -0.25) is 9.59 Å². The third kappa shape index (κ3) is 4.72. The zero-order chi connectivity index (χ0) is 22.6. The summed E-state index contributed by atoms with van der Waals surface area (Å²) in [6.07, 6.45) is 2.14. The van der Waals surface area contributed by atoms with Crippen LogP contribution >= 0.6 is 0 Å². The Morgan fingerprint density at radius 3 is 2.37 bits per heavy atom. The highest BCUT2D eigenvalue weighted by Gasteiger charge is 2.29. The van der Waals surface area contributed by atoms with Crippen molar-refractivity contribution in [3.05, 3.63) is 44.8 Å². The highest BCUT2D eigenvalue weighted by molar-refractivity contribution is 6.11. The number of hydrogen-bond acceptors (Lipinski definition) is 7. The molecule has 1 atom stereocenters. The van der Waals surface area contributed by atoms with Gasteiger partial charge in [0.05, 0.1) is 5.39 Å². The van der Waals surface area contributed by atoms with E-state index >= 15 is 0 Å². The first-order valence-corrected chi connectivity index (χ1v) is 10.0. The molecule has 0 aliphatic heterocycles. The lowest BCUT2D eigenvalue weighted by molar-refractivity contribution is -0.146. The van der Waals surface area contributed by atoms with E-state index in [1.165, 1.54) is 6.92 Å². The van der Waals surface area contributed by atoms with Crippen LogP contribution in [0.25, 0.3) is 11.0 Å². The van der Waals surface area contributed by atoms with Gasteiger partial charge in [0.15, 0.2) is 11.4 Å². The first kappa shape index (κ1) is 23.2. The molecule has 2 aromatic rings. The van der Waals surface area contributed by atoms with Crippen molar-refractivity contribution in [1.82, 2.24) is 0 Å². The molecule has 7 heteroatoms. The summed E-state index contributed by atoms with van der Waals surface area (Å²) in [5.74, 6) is -1.66. The number of ketones is 1. The average molecular weight is 416 g/mol. The van der Waals surface area contributed by atoms with Gasteiger partial charge in [-0.1, -0.05) is 25.5 Å². The summed E-state index contributed by atoms with van der Waals surface area (Å²) in [5.41, 5.74) is 0.235. The minimum Gasteiger partial charge on any atom is -0.507 e. The Morgan fingerprint density at radius 2 is 1.83 bits per heavy atom. The molecule has 0 radical (unpaired) electrons. The number of phenols is 2. The number of esters is 1. The van der Waals surface area contributed by atoms with Gasteiger partial charge in [0.1, 0.15) is 23.2 Å². The zero-order valence-electron chi connectivity index (χ0n) is 18.0. The van der Waals surface area contributed by atoms with E-state index in [4.69, 9.17) is 9.15 Å². The third-order valence-corrected chi connectivity index (χ3v) is 4.76. The molecule has 1 aromatic carbocycles. The van der Waals surface area contributed by atoms with E-state index in [0.717, 1.165) is 11.6 Å². The van der Waals surface area contributed by atoms with Gasteiger partial charge in [0.2, 0.25) is 0 Å². The van der Waals surface area contributed by atoms with E-state index in [1.807, 2.05) is 20.8 Å². The van der Waals surface area contributed by atoms with Gasteiger partial charge >= 0.3 is 11.6 Å². The SMILES string of the molecule is CCCC(=O)c1c(O)c(CC=C(C)C)c(O)c2c([C@H](CC)OC(C)=O)cc(=O)oc12. The number of carbonyl (C=O) groups excluding carboxylic acids is 2. The first-order valence-electron chi connectivity index (χ1n) is 10.0. The number of ether oxygens (including phenoxy) is 1. The number of aromatic hydroxyl groups is 2. The summed E-state index contributed by atoms with van der Waals surface area (Å²) in [7, 11) is 0. The molecule has 1 aromatic heterocycles. The number of allylic oxidation sites excluding steroid dienone is 2. The molecular weight excluding hydrogens is 388 g/mol. The van der Waals surface area contributed by atoms with Gasteiger partial charge < -0.3 is 19.4 Å². The maximum absolute atomic E-state index is 12.8. The molecule has 0 amide bonds. The Balaban J connectivity index is 3.00. The maximum Gasteiger partial charge on any atom is 0.336 e. The average Bonchev–Trinajstić information content (AvgIpc) is 2.65. The van der Waals surface area contributed by atoms with Crippen molar-refractivity contribution >= 4 is 22.7 Å².